The van der Waals surface area contributed by atoms with Crippen molar-refractivity contribution in [1.29, 1.82) is 0 Å². The molecule has 0 amide bonds. The molecule has 1 rings (SSSR count). The van der Waals surface area contributed by atoms with Gasteiger partial charge in [0.2, 0.25) is 0 Å². The van der Waals surface area contributed by atoms with Gasteiger partial charge in [0.1, 0.15) is 0 Å². The number of aryl methyl sites for hydroxylation is 1. The zero-order valence-corrected chi connectivity index (χ0v) is 4.42. The number of aromatic nitrogens is 4. The van der Waals surface area contributed by atoms with E-state index in [0.29, 0.717) is 5.82 Å². The maximum Gasteiger partial charge on any atom is 0.166 e. The van der Waals surface area contributed by atoms with Crippen LogP contribution in [0.15, 0.2) is 0 Å². The smallest absolute Gasteiger partial charge is 0.136 e. The Labute approximate surface area is 45.2 Å². The van der Waals surface area contributed by atoms with Crippen LogP contribution in [0.2, 0.25) is 0 Å². The summed E-state index contributed by atoms with van der Waals surface area (Å²) in [5.74, 6) is 0.599. The van der Waals surface area contributed by atoms with Crippen molar-refractivity contribution in [3.05, 3.63) is 5.82 Å². The van der Waals surface area contributed by atoms with Crippen LogP contribution in [0.1, 0.15) is 5.82 Å². The summed E-state index contributed by atoms with van der Waals surface area (Å²) in [5.41, 5.74) is 0. The molecule has 38 valence electrons. The lowest BCUT2D eigenvalue weighted by atomic mass is 10.8. The average Bonchev–Trinajstić information content (AvgIpc) is 1.91. The molecule has 1 heterocycles. The third-order valence-electron chi connectivity index (χ3n) is 0.575. The third kappa shape index (κ3) is 0.691. The summed E-state index contributed by atoms with van der Waals surface area (Å²) < 4.78 is 1.08. The summed E-state index contributed by atoms with van der Waals surface area (Å²) in [4.78, 5) is 0. The van der Waals surface area contributed by atoms with E-state index in [-0.39, 0.29) is 0 Å². The highest BCUT2D eigenvalue weighted by Crippen LogP contribution is 1.86. The number of hydrogen-bond donors (Lipinski definition) is 0. The molecule has 0 aliphatic heterocycles. The fraction of sp³-hybridized carbons (Fsp3) is 0.500. The summed E-state index contributed by atoms with van der Waals surface area (Å²) in [6, 6.07) is 0. The molecule has 0 atom stereocenters. The van der Waals surface area contributed by atoms with Crippen molar-refractivity contribution in [2.24, 2.45) is 0 Å². The van der Waals surface area contributed by atoms with Gasteiger partial charge in [0.05, 0.1) is 0 Å². The minimum atomic E-state index is 0.599. The predicted molar refractivity (Wildman–Crippen MR) is 23.8 cm³/mol. The highest BCUT2D eigenvalue weighted by molar-refractivity contribution is 6.14. The Kier molecular flexibility index (Phi) is 0.941. The molecule has 0 saturated carbocycles. The predicted octanol–water partition coefficient (Wildman–Crippen LogP) is -0.0166. The van der Waals surface area contributed by atoms with E-state index in [1.165, 1.54) is 0 Å². The second kappa shape index (κ2) is 1.46. The van der Waals surface area contributed by atoms with E-state index < -0.39 is 0 Å². The van der Waals surface area contributed by atoms with Gasteiger partial charge in [-0.1, -0.05) is 0 Å². The van der Waals surface area contributed by atoms with Crippen LogP contribution in [0.3, 0.4) is 0 Å². The van der Waals surface area contributed by atoms with Gasteiger partial charge < -0.3 is 0 Å². The maximum absolute atomic E-state index is 5.30. The molecule has 0 spiro atoms. The number of rotatable bonds is 0. The molecule has 1 aromatic rings. The first-order valence-corrected chi connectivity index (χ1v) is 2.05. The fourth-order valence-corrected chi connectivity index (χ4v) is 0.286. The Bertz CT molecular complexity index is 142. The van der Waals surface area contributed by atoms with Crippen LogP contribution >= 0.6 is 11.8 Å². The van der Waals surface area contributed by atoms with Crippen molar-refractivity contribution in [3.8, 4) is 0 Å². The topological polar surface area (TPSA) is 43.6 Å². The third-order valence-corrected chi connectivity index (χ3v) is 0.887. The first-order valence-electron chi connectivity index (χ1n) is 1.72. The van der Waals surface area contributed by atoms with E-state index in [2.05, 4.69) is 15.5 Å². The van der Waals surface area contributed by atoms with E-state index >= 15 is 0 Å². The second-order valence-electron chi connectivity index (χ2n) is 1.09. The van der Waals surface area contributed by atoms with E-state index in [1.807, 2.05) is 0 Å². The lowest BCUT2D eigenvalue weighted by Crippen LogP contribution is -1.84. The number of nitrogens with zero attached hydrogens (tertiary/aromatic N) is 4. The quantitative estimate of drug-likeness (QED) is 0.481. The summed E-state index contributed by atoms with van der Waals surface area (Å²) in [7, 11) is 0. The van der Waals surface area contributed by atoms with Crippen LogP contribution in [-0.4, -0.2) is 19.7 Å². The van der Waals surface area contributed by atoms with Gasteiger partial charge >= 0.3 is 0 Å². The minimum Gasteiger partial charge on any atom is -0.136 e. The highest BCUT2D eigenvalue weighted by atomic mass is 35.5. The minimum absolute atomic E-state index is 0.599. The van der Waals surface area contributed by atoms with Crippen LogP contribution in [-0.2, 0) is 0 Å². The molecule has 0 aliphatic rings. The molecule has 0 fully saturated rings. The largest absolute Gasteiger partial charge is 0.166 e. The van der Waals surface area contributed by atoms with Gasteiger partial charge in [0, 0.05) is 11.8 Å². The highest BCUT2D eigenvalue weighted by Gasteiger charge is 1.90. The summed E-state index contributed by atoms with van der Waals surface area (Å²) in [5, 5.41) is 10.1. The molecular weight excluding hydrogens is 116 g/mol. The van der Waals surface area contributed by atoms with Crippen molar-refractivity contribution in [2.45, 2.75) is 6.92 Å². The summed E-state index contributed by atoms with van der Waals surface area (Å²) in [6.45, 7) is 1.72. The van der Waals surface area contributed by atoms with Gasteiger partial charge in [-0.15, -0.1) is 9.30 Å². The van der Waals surface area contributed by atoms with Crippen LogP contribution in [0, 0.1) is 6.92 Å². The normalized spacial score (nSPS) is 9.43. The van der Waals surface area contributed by atoms with Crippen molar-refractivity contribution < 1.29 is 0 Å². The van der Waals surface area contributed by atoms with Gasteiger partial charge in [-0.25, -0.2) is 0 Å². The molecule has 0 radical (unpaired) electrons. The monoisotopic (exact) mass is 118 g/mol. The molecule has 4 nitrogen and oxygen atoms in total. The average molecular weight is 119 g/mol. The molecule has 0 N–H and O–H groups in total. The zero-order valence-electron chi connectivity index (χ0n) is 3.67. The lowest BCUT2D eigenvalue weighted by molar-refractivity contribution is 0.843. The Morgan fingerprint density at radius 1 is 1.71 bits per heavy atom. The zero-order chi connectivity index (χ0) is 5.28. The Balaban J connectivity index is 3.12. The molecule has 0 unspecified atom stereocenters. The number of halogens is 1. The van der Waals surface area contributed by atoms with Crippen LogP contribution < -0.4 is 0 Å². The van der Waals surface area contributed by atoms with E-state index in [4.69, 9.17) is 11.8 Å². The van der Waals surface area contributed by atoms with Crippen molar-refractivity contribution in [3.63, 3.8) is 0 Å². The van der Waals surface area contributed by atoms with Crippen LogP contribution in [0.5, 0.6) is 0 Å². The van der Waals surface area contributed by atoms with Crippen LogP contribution in [0.4, 0.5) is 0 Å². The van der Waals surface area contributed by atoms with Crippen LogP contribution in [0.25, 0.3) is 0 Å². The van der Waals surface area contributed by atoms with Crippen molar-refractivity contribution in [2.75, 3.05) is 0 Å². The standard InChI is InChI=1S/C2H3ClN4/c1-2-4-5-6-7(2)3/h1H3. The first-order chi connectivity index (χ1) is 3.30. The Morgan fingerprint density at radius 2 is 2.43 bits per heavy atom. The van der Waals surface area contributed by atoms with Gasteiger partial charge in [0.15, 0.2) is 5.82 Å². The molecule has 0 aromatic carbocycles. The van der Waals surface area contributed by atoms with Crippen molar-refractivity contribution >= 4 is 11.8 Å². The fourth-order valence-electron chi connectivity index (χ4n) is 0.221. The Morgan fingerprint density at radius 3 is 2.57 bits per heavy atom. The summed E-state index contributed by atoms with van der Waals surface area (Å²) >= 11 is 5.30. The maximum atomic E-state index is 5.30. The van der Waals surface area contributed by atoms with Gasteiger partial charge in [-0.2, -0.15) is 0 Å². The Hall–Kier alpha value is -0.640. The van der Waals surface area contributed by atoms with Gasteiger partial charge in [0.25, 0.3) is 0 Å². The lowest BCUT2D eigenvalue weighted by Gasteiger charge is -1.77. The molecule has 1 aromatic heterocycles. The summed E-state index contributed by atoms with van der Waals surface area (Å²) in [6.07, 6.45) is 0. The molecule has 5 heteroatoms. The van der Waals surface area contributed by atoms with Gasteiger partial charge in [-0.05, 0) is 17.4 Å². The van der Waals surface area contributed by atoms with Gasteiger partial charge in [-0.3, -0.25) is 0 Å². The molecule has 0 aliphatic carbocycles. The molecule has 0 bridgehead atoms. The first kappa shape index (κ1) is 4.52. The number of hydrogen-bond acceptors (Lipinski definition) is 3. The molecule has 7 heavy (non-hydrogen) atoms. The molecular formula is C2H3ClN4. The van der Waals surface area contributed by atoms with E-state index in [1.54, 1.807) is 6.92 Å². The van der Waals surface area contributed by atoms with E-state index in [0.717, 1.165) is 4.20 Å². The second-order valence-corrected chi connectivity index (χ2v) is 1.41. The van der Waals surface area contributed by atoms with Crippen molar-refractivity contribution in [1.82, 2.24) is 19.7 Å². The molecule has 0 saturated heterocycles. The number of tetrazole rings is 1. The van der Waals surface area contributed by atoms with E-state index in [9.17, 15) is 0 Å². The SMILES string of the molecule is Cc1nnnn1Cl.